The molecule has 1 aromatic carbocycles. The Hall–Kier alpha value is -2.83. The standard InChI is InChI=1S/C20H23NO6/c1-11-13-6-8-16(26-3)12(2)18(13)27-20(25)14(11)7-9-17(22)21-10-4-5-15(21)19(23)24/h6,8,15H,4-5,7,9-10H2,1-3H3,(H,23,24). The summed E-state index contributed by atoms with van der Waals surface area (Å²) in [5.74, 6) is -0.585. The summed E-state index contributed by atoms with van der Waals surface area (Å²) in [6, 6.07) is 2.90. The lowest BCUT2D eigenvalue weighted by Gasteiger charge is -2.21. The Bertz CT molecular complexity index is 961. The van der Waals surface area contributed by atoms with Gasteiger partial charge in [-0.15, -0.1) is 0 Å². The molecule has 1 N–H and O–H groups in total. The van der Waals surface area contributed by atoms with Crippen LogP contribution in [0, 0.1) is 13.8 Å². The van der Waals surface area contributed by atoms with Crippen molar-refractivity contribution in [2.75, 3.05) is 13.7 Å². The number of carbonyl (C=O) groups excluding carboxylic acids is 1. The first kappa shape index (κ1) is 18.9. The van der Waals surface area contributed by atoms with Crippen LogP contribution in [0.2, 0.25) is 0 Å². The van der Waals surface area contributed by atoms with E-state index < -0.39 is 17.6 Å². The highest BCUT2D eigenvalue weighted by molar-refractivity contribution is 5.86. The average Bonchev–Trinajstić information content (AvgIpc) is 3.12. The Labute approximate surface area is 156 Å². The number of benzene rings is 1. The van der Waals surface area contributed by atoms with E-state index in [1.807, 2.05) is 26.0 Å². The summed E-state index contributed by atoms with van der Waals surface area (Å²) in [7, 11) is 1.56. The van der Waals surface area contributed by atoms with Crippen LogP contribution in [-0.2, 0) is 16.0 Å². The SMILES string of the molecule is COc1ccc2c(C)c(CCC(=O)N3CCCC3C(=O)O)c(=O)oc2c1C. The number of ether oxygens (including phenoxy) is 1. The fraction of sp³-hybridized carbons (Fsp3) is 0.450. The fourth-order valence-electron chi connectivity index (χ4n) is 3.78. The molecule has 0 spiro atoms. The highest BCUT2D eigenvalue weighted by Crippen LogP contribution is 2.29. The van der Waals surface area contributed by atoms with Gasteiger partial charge in [-0.05, 0) is 50.8 Å². The van der Waals surface area contributed by atoms with E-state index in [2.05, 4.69) is 0 Å². The van der Waals surface area contributed by atoms with E-state index >= 15 is 0 Å². The van der Waals surface area contributed by atoms with Crippen LogP contribution >= 0.6 is 0 Å². The molecule has 1 amide bonds. The Morgan fingerprint density at radius 3 is 2.70 bits per heavy atom. The summed E-state index contributed by atoms with van der Waals surface area (Å²) in [4.78, 5) is 37.6. The van der Waals surface area contributed by atoms with Crippen molar-refractivity contribution in [2.24, 2.45) is 0 Å². The second-order valence-corrected chi connectivity index (χ2v) is 6.85. The molecule has 27 heavy (non-hydrogen) atoms. The normalized spacial score (nSPS) is 16.7. The van der Waals surface area contributed by atoms with E-state index in [9.17, 15) is 19.5 Å². The molecular formula is C20H23NO6. The number of hydrogen-bond acceptors (Lipinski definition) is 5. The third-order valence-electron chi connectivity index (χ3n) is 5.32. The number of carboxylic acid groups (broad SMARTS) is 1. The van der Waals surface area contributed by atoms with Crippen LogP contribution in [0.5, 0.6) is 5.75 Å². The molecular weight excluding hydrogens is 350 g/mol. The van der Waals surface area contributed by atoms with Crippen molar-refractivity contribution in [1.29, 1.82) is 0 Å². The molecule has 7 nitrogen and oxygen atoms in total. The molecule has 1 unspecified atom stereocenters. The lowest BCUT2D eigenvalue weighted by Crippen LogP contribution is -2.40. The Morgan fingerprint density at radius 2 is 2.04 bits per heavy atom. The maximum absolute atomic E-state index is 12.5. The van der Waals surface area contributed by atoms with Crippen LogP contribution in [-0.4, -0.2) is 41.6 Å². The summed E-state index contributed by atoms with van der Waals surface area (Å²) in [5.41, 5.74) is 1.99. The number of carboxylic acids is 1. The summed E-state index contributed by atoms with van der Waals surface area (Å²) in [6.07, 6.45) is 1.45. The average molecular weight is 373 g/mol. The molecule has 3 rings (SSSR count). The number of likely N-dealkylation sites (tertiary alicyclic amines) is 1. The minimum absolute atomic E-state index is 0.0794. The monoisotopic (exact) mass is 373 g/mol. The number of methoxy groups -OCH3 is 1. The number of fused-ring (bicyclic) bond motifs is 1. The third kappa shape index (κ3) is 3.41. The predicted octanol–water partition coefficient (Wildman–Crippen LogP) is 2.43. The quantitative estimate of drug-likeness (QED) is 0.809. The number of aryl methyl sites for hydroxylation is 2. The maximum atomic E-state index is 12.5. The van der Waals surface area contributed by atoms with Crippen molar-refractivity contribution in [1.82, 2.24) is 4.90 Å². The fourth-order valence-corrected chi connectivity index (χ4v) is 3.78. The molecule has 1 aromatic heterocycles. The number of hydrogen-bond donors (Lipinski definition) is 1. The molecule has 0 radical (unpaired) electrons. The van der Waals surface area contributed by atoms with Crippen LogP contribution in [0.1, 0.15) is 36.0 Å². The molecule has 1 saturated heterocycles. The van der Waals surface area contributed by atoms with E-state index in [1.165, 1.54) is 4.90 Å². The molecule has 1 aliphatic rings. The first-order valence-electron chi connectivity index (χ1n) is 8.97. The van der Waals surface area contributed by atoms with Gasteiger partial charge in [0.25, 0.3) is 0 Å². The van der Waals surface area contributed by atoms with Gasteiger partial charge in [-0.25, -0.2) is 9.59 Å². The second-order valence-electron chi connectivity index (χ2n) is 6.85. The summed E-state index contributed by atoms with van der Waals surface area (Å²) >= 11 is 0. The summed E-state index contributed by atoms with van der Waals surface area (Å²) < 4.78 is 10.8. The molecule has 1 atom stereocenters. The van der Waals surface area contributed by atoms with Gasteiger partial charge in [-0.3, -0.25) is 4.79 Å². The highest BCUT2D eigenvalue weighted by atomic mass is 16.5. The molecule has 7 heteroatoms. The smallest absolute Gasteiger partial charge is 0.339 e. The molecule has 0 saturated carbocycles. The molecule has 144 valence electrons. The van der Waals surface area contributed by atoms with Crippen molar-refractivity contribution in [3.05, 3.63) is 39.2 Å². The first-order valence-corrected chi connectivity index (χ1v) is 8.97. The molecule has 2 aromatic rings. The van der Waals surface area contributed by atoms with Crippen LogP contribution in [0.4, 0.5) is 0 Å². The van der Waals surface area contributed by atoms with E-state index in [4.69, 9.17) is 9.15 Å². The van der Waals surface area contributed by atoms with Gasteiger partial charge in [0.1, 0.15) is 17.4 Å². The highest BCUT2D eigenvalue weighted by Gasteiger charge is 2.33. The van der Waals surface area contributed by atoms with E-state index in [1.54, 1.807) is 7.11 Å². The van der Waals surface area contributed by atoms with E-state index in [0.29, 0.717) is 36.3 Å². The zero-order valence-corrected chi connectivity index (χ0v) is 15.7. The Morgan fingerprint density at radius 1 is 1.30 bits per heavy atom. The summed E-state index contributed by atoms with van der Waals surface area (Å²) in [5, 5.41) is 10.0. The zero-order valence-electron chi connectivity index (χ0n) is 15.7. The number of aliphatic carboxylic acids is 1. The zero-order chi connectivity index (χ0) is 19.7. The molecule has 2 heterocycles. The van der Waals surface area contributed by atoms with E-state index in [-0.39, 0.29) is 18.7 Å². The number of carbonyl (C=O) groups is 2. The second kappa shape index (κ2) is 7.42. The minimum Gasteiger partial charge on any atom is -0.496 e. The molecule has 0 bridgehead atoms. The number of rotatable bonds is 5. The van der Waals surface area contributed by atoms with Gasteiger partial charge >= 0.3 is 11.6 Å². The molecule has 0 aliphatic carbocycles. The van der Waals surface area contributed by atoms with Crippen LogP contribution in [0.3, 0.4) is 0 Å². The largest absolute Gasteiger partial charge is 0.496 e. The van der Waals surface area contributed by atoms with Crippen LogP contribution < -0.4 is 10.4 Å². The number of amides is 1. The van der Waals surface area contributed by atoms with Crippen LogP contribution in [0.25, 0.3) is 11.0 Å². The van der Waals surface area contributed by atoms with Gasteiger partial charge in [0.2, 0.25) is 5.91 Å². The van der Waals surface area contributed by atoms with Gasteiger partial charge in [0.15, 0.2) is 0 Å². The first-order chi connectivity index (χ1) is 12.8. The van der Waals surface area contributed by atoms with Gasteiger partial charge in [0, 0.05) is 29.5 Å². The summed E-state index contributed by atoms with van der Waals surface area (Å²) in [6.45, 7) is 4.10. The number of nitrogens with zero attached hydrogens (tertiary/aromatic N) is 1. The molecule has 1 aliphatic heterocycles. The van der Waals surface area contributed by atoms with Crippen LogP contribution in [0.15, 0.2) is 21.3 Å². The Balaban J connectivity index is 1.86. The van der Waals surface area contributed by atoms with Crippen molar-refractivity contribution in [3.63, 3.8) is 0 Å². The van der Waals surface area contributed by atoms with Gasteiger partial charge < -0.3 is 19.2 Å². The van der Waals surface area contributed by atoms with E-state index in [0.717, 1.165) is 16.5 Å². The predicted molar refractivity (Wildman–Crippen MR) is 99.2 cm³/mol. The Kier molecular flexibility index (Phi) is 5.21. The van der Waals surface area contributed by atoms with Gasteiger partial charge in [-0.1, -0.05) is 0 Å². The lowest BCUT2D eigenvalue weighted by atomic mass is 10.00. The minimum atomic E-state index is -0.980. The third-order valence-corrected chi connectivity index (χ3v) is 5.32. The van der Waals surface area contributed by atoms with Crippen molar-refractivity contribution >= 4 is 22.8 Å². The van der Waals surface area contributed by atoms with Crippen molar-refractivity contribution in [2.45, 2.75) is 45.6 Å². The van der Waals surface area contributed by atoms with Crippen molar-refractivity contribution in [3.8, 4) is 5.75 Å². The topological polar surface area (TPSA) is 97.0 Å². The molecule has 1 fully saturated rings. The van der Waals surface area contributed by atoms with Gasteiger partial charge in [0.05, 0.1) is 7.11 Å². The van der Waals surface area contributed by atoms with Crippen molar-refractivity contribution < 1.29 is 23.8 Å². The lowest BCUT2D eigenvalue weighted by molar-refractivity contribution is -0.148. The maximum Gasteiger partial charge on any atom is 0.339 e. The van der Waals surface area contributed by atoms with Gasteiger partial charge in [-0.2, -0.15) is 0 Å².